The number of nitrogens with zero attached hydrogens (tertiary/aromatic N) is 1. The fourth-order valence-electron chi connectivity index (χ4n) is 2.76. The van der Waals surface area contributed by atoms with Gasteiger partial charge in [-0.05, 0) is 38.1 Å². The van der Waals surface area contributed by atoms with Crippen molar-refractivity contribution < 1.29 is 4.74 Å². The Labute approximate surface area is 81.3 Å². The van der Waals surface area contributed by atoms with E-state index in [2.05, 4.69) is 11.8 Å². The van der Waals surface area contributed by atoms with Crippen molar-refractivity contribution in [2.75, 3.05) is 20.2 Å². The van der Waals surface area contributed by atoms with Gasteiger partial charge in [0.05, 0.1) is 6.10 Å². The van der Waals surface area contributed by atoms with Gasteiger partial charge in [0.25, 0.3) is 0 Å². The smallest absolute Gasteiger partial charge is 0.0586 e. The summed E-state index contributed by atoms with van der Waals surface area (Å²) in [6, 6.07) is 0.829. The molecule has 1 aliphatic heterocycles. The van der Waals surface area contributed by atoms with Crippen LogP contribution in [0.2, 0.25) is 0 Å². The first-order valence-electron chi connectivity index (χ1n) is 5.56. The van der Waals surface area contributed by atoms with Crippen LogP contribution in [0.5, 0.6) is 0 Å². The molecule has 1 heterocycles. The number of rotatable bonds is 2. The van der Waals surface area contributed by atoms with E-state index in [0.717, 1.165) is 12.0 Å². The minimum absolute atomic E-state index is 0.543. The van der Waals surface area contributed by atoms with Crippen molar-refractivity contribution in [2.24, 2.45) is 5.92 Å². The second kappa shape index (κ2) is 3.97. The lowest BCUT2D eigenvalue weighted by atomic mass is 10.2. The van der Waals surface area contributed by atoms with E-state index in [4.69, 9.17) is 4.74 Å². The normalized spacial score (nSPS) is 41.5. The number of ether oxygens (including phenoxy) is 1. The van der Waals surface area contributed by atoms with Crippen molar-refractivity contribution in [1.29, 1.82) is 0 Å². The maximum absolute atomic E-state index is 5.40. The van der Waals surface area contributed by atoms with Gasteiger partial charge in [0.2, 0.25) is 0 Å². The van der Waals surface area contributed by atoms with Crippen LogP contribution in [0.25, 0.3) is 0 Å². The number of likely N-dealkylation sites (tertiary alicyclic amines) is 1. The first-order valence-corrected chi connectivity index (χ1v) is 5.56. The fraction of sp³-hybridized carbons (Fsp3) is 1.00. The monoisotopic (exact) mass is 183 g/mol. The van der Waals surface area contributed by atoms with Gasteiger partial charge >= 0.3 is 0 Å². The first-order chi connectivity index (χ1) is 6.29. The highest BCUT2D eigenvalue weighted by Gasteiger charge is 2.32. The highest BCUT2D eigenvalue weighted by molar-refractivity contribution is 4.86. The molecular weight excluding hydrogens is 162 g/mol. The van der Waals surface area contributed by atoms with Gasteiger partial charge in [0, 0.05) is 19.7 Å². The summed E-state index contributed by atoms with van der Waals surface area (Å²) in [4.78, 5) is 2.67. The van der Waals surface area contributed by atoms with E-state index >= 15 is 0 Å². The lowest BCUT2D eigenvalue weighted by Crippen LogP contribution is -2.31. The Balaban J connectivity index is 1.82. The molecule has 1 aliphatic carbocycles. The van der Waals surface area contributed by atoms with E-state index in [1.807, 2.05) is 7.11 Å². The van der Waals surface area contributed by atoms with Gasteiger partial charge in [0.15, 0.2) is 0 Å². The maximum Gasteiger partial charge on any atom is 0.0586 e. The Hall–Kier alpha value is -0.0800. The van der Waals surface area contributed by atoms with Gasteiger partial charge in [0.1, 0.15) is 0 Å². The summed E-state index contributed by atoms with van der Waals surface area (Å²) in [5.74, 6) is 0.918. The molecule has 0 N–H and O–H groups in total. The second-order valence-corrected chi connectivity index (χ2v) is 4.71. The first kappa shape index (κ1) is 9.47. The average molecular weight is 183 g/mol. The minimum Gasteiger partial charge on any atom is -0.381 e. The Bertz CT molecular complexity index is 171. The predicted octanol–water partition coefficient (Wildman–Crippen LogP) is 1.90. The molecule has 0 amide bonds. The minimum atomic E-state index is 0.543. The summed E-state index contributed by atoms with van der Waals surface area (Å²) in [6.45, 7) is 5.01. The third-order valence-electron chi connectivity index (χ3n) is 3.66. The Morgan fingerprint density at radius 2 is 2.08 bits per heavy atom. The van der Waals surface area contributed by atoms with Gasteiger partial charge in [-0.2, -0.15) is 0 Å². The van der Waals surface area contributed by atoms with Gasteiger partial charge in [-0.3, -0.25) is 0 Å². The summed E-state index contributed by atoms with van der Waals surface area (Å²) in [5.41, 5.74) is 0. The lowest BCUT2D eigenvalue weighted by molar-refractivity contribution is 0.0993. The van der Waals surface area contributed by atoms with E-state index in [0.29, 0.717) is 6.10 Å². The largest absolute Gasteiger partial charge is 0.381 e. The highest BCUT2D eigenvalue weighted by Crippen LogP contribution is 2.29. The van der Waals surface area contributed by atoms with Crippen molar-refractivity contribution in [2.45, 2.75) is 44.8 Å². The molecule has 1 saturated carbocycles. The average Bonchev–Trinajstić information content (AvgIpc) is 2.71. The quantitative estimate of drug-likeness (QED) is 0.648. The van der Waals surface area contributed by atoms with E-state index in [1.54, 1.807) is 0 Å². The van der Waals surface area contributed by atoms with E-state index in [-0.39, 0.29) is 0 Å². The molecule has 2 nitrogen and oxygen atoms in total. The van der Waals surface area contributed by atoms with Crippen LogP contribution in [-0.4, -0.2) is 37.2 Å². The molecular formula is C11H21NO. The van der Waals surface area contributed by atoms with Crippen LogP contribution in [0.15, 0.2) is 0 Å². The molecule has 13 heavy (non-hydrogen) atoms. The number of methoxy groups -OCH3 is 1. The topological polar surface area (TPSA) is 12.5 Å². The van der Waals surface area contributed by atoms with Crippen LogP contribution in [0.1, 0.15) is 32.6 Å². The third kappa shape index (κ3) is 2.05. The summed E-state index contributed by atoms with van der Waals surface area (Å²) in [6.07, 6.45) is 5.83. The van der Waals surface area contributed by atoms with Crippen molar-refractivity contribution >= 4 is 0 Å². The molecule has 0 aromatic rings. The molecule has 0 bridgehead atoms. The molecule has 2 aliphatic rings. The number of hydrogen-bond acceptors (Lipinski definition) is 2. The van der Waals surface area contributed by atoms with E-state index in [1.165, 1.54) is 38.8 Å². The molecule has 76 valence electrons. The molecule has 0 aromatic carbocycles. The van der Waals surface area contributed by atoms with Crippen molar-refractivity contribution in [1.82, 2.24) is 4.90 Å². The molecule has 3 unspecified atom stereocenters. The maximum atomic E-state index is 5.40. The molecule has 0 aromatic heterocycles. The standard InChI is InChI=1S/C11H21NO/c1-9-5-6-12(8-9)10-3-4-11(7-10)13-2/h9-11H,3-8H2,1-2H3. The summed E-state index contributed by atoms with van der Waals surface area (Å²) in [5, 5.41) is 0. The molecule has 2 heteroatoms. The summed E-state index contributed by atoms with van der Waals surface area (Å²) < 4.78 is 5.40. The van der Waals surface area contributed by atoms with Crippen molar-refractivity contribution in [3.05, 3.63) is 0 Å². The molecule has 0 spiro atoms. The summed E-state index contributed by atoms with van der Waals surface area (Å²) in [7, 11) is 1.85. The van der Waals surface area contributed by atoms with Gasteiger partial charge in [-0.1, -0.05) is 6.92 Å². The molecule has 2 rings (SSSR count). The van der Waals surface area contributed by atoms with Crippen molar-refractivity contribution in [3.63, 3.8) is 0 Å². The van der Waals surface area contributed by atoms with Crippen LogP contribution in [0.3, 0.4) is 0 Å². The van der Waals surface area contributed by atoms with Crippen LogP contribution < -0.4 is 0 Å². The van der Waals surface area contributed by atoms with Gasteiger partial charge in [-0.15, -0.1) is 0 Å². The molecule has 2 fully saturated rings. The van der Waals surface area contributed by atoms with Gasteiger partial charge in [-0.25, -0.2) is 0 Å². The Kier molecular flexibility index (Phi) is 2.89. The van der Waals surface area contributed by atoms with Crippen LogP contribution >= 0.6 is 0 Å². The number of hydrogen-bond donors (Lipinski definition) is 0. The zero-order valence-electron chi connectivity index (χ0n) is 8.83. The highest BCUT2D eigenvalue weighted by atomic mass is 16.5. The van der Waals surface area contributed by atoms with Crippen molar-refractivity contribution in [3.8, 4) is 0 Å². The molecule has 0 radical (unpaired) electrons. The zero-order chi connectivity index (χ0) is 9.26. The summed E-state index contributed by atoms with van der Waals surface area (Å²) >= 11 is 0. The van der Waals surface area contributed by atoms with Crippen LogP contribution in [0.4, 0.5) is 0 Å². The second-order valence-electron chi connectivity index (χ2n) is 4.71. The third-order valence-corrected chi connectivity index (χ3v) is 3.66. The van der Waals surface area contributed by atoms with E-state index in [9.17, 15) is 0 Å². The van der Waals surface area contributed by atoms with Gasteiger partial charge < -0.3 is 9.64 Å². The molecule has 1 saturated heterocycles. The van der Waals surface area contributed by atoms with E-state index < -0.39 is 0 Å². The Morgan fingerprint density at radius 3 is 2.62 bits per heavy atom. The molecule has 3 atom stereocenters. The Morgan fingerprint density at radius 1 is 1.23 bits per heavy atom. The SMILES string of the molecule is COC1CCC(N2CCC(C)C2)C1. The zero-order valence-corrected chi connectivity index (χ0v) is 8.83. The van der Waals surface area contributed by atoms with Crippen LogP contribution in [0, 0.1) is 5.92 Å². The predicted molar refractivity (Wildman–Crippen MR) is 53.8 cm³/mol. The lowest BCUT2D eigenvalue weighted by Gasteiger charge is -2.23. The fourth-order valence-corrected chi connectivity index (χ4v) is 2.76. The van der Waals surface area contributed by atoms with Crippen LogP contribution in [-0.2, 0) is 4.74 Å².